The van der Waals surface area contributed by atoms with Gasteiger partial charge in [-0.3, -0.25) is 0 Å². The Morgan fingerprint density at radius 2 is 1.71 bits per heavy atom. The van der Waals surface area contributed by atoms with Crippen LogP contribution in [0.3, 0.4) is 0 Å². The normalized spacial score (nSPS) is 11.7. The standard InChI is InChI=1S/C12H22O5/c1-4-7-8-10(5-2)9-16-12(14)17-11(13)15-6-3/h10H,4-9H2,1-3H3. The molecule has 0 aromatic carbocycles. The van der Waals surface area contributed by atoms with Gasteiger partial charge in [-0.25, -0.2) is 9.59 Å². The number of rotatable bonds is 7. The van der Waals surface area contributed by atoms with Crippen LogP contribution in [0.1, 0.15) is 46.5 Å². The molecule has 0 amide bonds. The molecule has 0 bridgehead atoms. The molecule has 1 unspecified atom stereocenters. The van der Waals surface area contributed by atoms with E-state index in [1.54, 1.807) is 6.92 Å². The topological polar surface area (TPSA) is 61.8 Å². The van der Waals surface area contributed by atoms with E-state index in [9.17, 15) is 9.59 Å². The zero-order valence-corrected chi connectivity index (χ0v) is 10.9. The maximum atomic E-state index is 11.1. The van der Waals surface area contributed by atoms with Crippen molar-refractivity contribution in [1.29, 1.82) is 0 Å². The molecule has 17 heavy (non-hydrogen) atoms. The van der Waals surface area contributed by atoms with Crippen LogP contribution in [0.5, 0.6) is 0 Å². The van der Waals surface area contributed by atoms with E-state index in [1.807, 2.05) is 6.92 Å². The molecule has 0 heterocycles. The van der Waals surface area contributed by atoms with Crippen molar-refractivity contribution in [2.75, 3.05) is 13.2 Å². The van der Waals surface area contributed by atoms with Gasteiger partial charge < -0.3 is 14.2 Å². The summed E-state index contributed by atoms with van der Waals surface area (Å²) in [7, 11) is 0. The van der Waals surface area contributed by atoms with E-state index in [4.69, 9.17) is 4.74 Å². The molecule has 0 N–H and O–H groups in total. The van der Waals surface area contributed by atoms with Crippen molar-refractivity contribution in [1.82, 2.24) is 0 Å². The van der Waals surface area contributed by atoms with Gasteiger partial charge in [-0.1, -0.05) is 33.1 Å². The highest BCUT2D eigenvalue weighted by Crippen LogP contribution is 2.13. The molecule has 1 atom stereocenters. The minimum atomic E-state index is -1.01. The summed E-state index contributed by atoms with van der Waals surface area (Å²) in [6, 6.07) is 0. The van der Waals surface area contributed by atoms with E-state index in [2.05, 4.69) is 16.4 Å². The maximum absolute atomic E-state index is 11.1. The van der Waals surface area contributed by atoms with Crippen LogP contribution in [0, 0.1) is 5.92 Å². The lowest BCUT2D eigenvalue weighted by atomic mass is 10.0. The van der Waals surface area contributed by atoms with E-state index in [1.165, 1.54) is 0 Å². The summed E-state index contributed by atoms with van der Waals surface area (Å²) < 4.78 is 13.6. The van der Waals surface area contributed by atoms with Gasteiger partial charge in [0.25, 0.3) is 0 Å². The van der Waals surface area contributed by atoms with Crippen LogP contribution in [-0.4, -0.2) is 25.5 Å². The van der Waals surface area contributed by atoms with E-state index in [0.717, 1.165) is 25.7 Å². The van der Waals surface area contributed by atoms with E-state index >= 15 is 0 Å². The van der Waals surface area contributed by atoms with Gasteiger partial charge in [0.1, 0.15) is 0 Å². The van der Waals surface area contributed by atoms with Crippen molar-refractivity contribution in [2.45, 2.75) is 46.5 Å². The predicted molar refractivity (Wildman–Crippen MR) is 62.8 cm³/mol. The Kier molecular flexibility index (Phi) is 9.19. The summed E-state index contributed by atoms with van der Waals surface area (Å²) >= 11 is 0. The Labute approximate surface area is 102 Å². The number of carbonyl (C=O) groups excluding carboxylic acids is 2. The van der Waals surface area contributed by atoms with Gasteiger partial charge in [-0.05, 0) is 19.3 Å². The number of ether oxygens (including phenoxy) is 3. The fraction of sp³-hybridized carbons (Fsp3) is 0.833. The first-order valence-corrected chi connectivity index (χ1v) is 6.15. The monoisotopic (exact) mass is 246 g/mol. The molecule has 0 rings (SSSR count). The number of hydrogen-bond donors (Lipinski definition) is 0. The molecule has 5 heteroatoms. The predicted octanol–water partition coefficient (Wildman–Crippen LogP) is 3.51. The second-order valence-electron chi connectivity index (χ2n) is 3.76. The lowest BCUT2D eigenvalue weighted by Crippen LogP contribution is -2.18. The minimum Gasteiger partial charge on any atom is -0.434 e. The Morgan fingerprint density at radius 1 is 1.06 bits per heavy atom. The molecular formula is C12H22O5. The molecule has 0 radical (unpaired) electrons. The van der Waals surface area contributed by atoms with Crippen LogP contribution in [0.4, 0.5) is 9.59 Å². The van der Waals surface area contributed by atoms with Crippen molar-refractivity contribution in [3.05, 3.63) is 0 Å². The van der Waals surface area contributed by atoms with Crippen LogP contribution in [0.15, 0.2) is 0 Å². The third-order valence-electron chi connectivity index (χ3n) is 2.41. The van der Waals surface area contributed by atoms with Crippen molar-refractivity contribution < 1.29 is 23.8 Å². The van der Waals surface area contributed by atoms with Crippen LogP contribution < -0.4 is 0 Å². The molecule has 0 aliphatic heterocycles. The summed E-state index contributed by atoms with van der Waals surface area (Å²) in [4.78, 5) is 21.9. The number of unbranched alkanes of at least 4 members (excludes halogenated alkanes) is 1. The van der Waals surface area contributed by atoms with Gasteiger partial charge >= 0.3 is 12.3 Å². The SMILES string of the molecule is CCCCC(CC)COC(=O)OC(=O)OCC. The first-order chi connectivity index (χ1) is 8.13. The molecule has 0 aliphatic rings. The molecule has 0 saturated heterocycles. The van der Waals surface area contributed by atoms with Crippen molar-refractivity contribution >= 4 is 12.3 Å². The third-order valence-corrected chi connectivity index (χ3v) is 2.41. The van der Waals surface area contributed by atoms with E-state index in [-0.39, 0.29) is 13.2 Å². The van der Waals surface area contributed by atoms with Gasteiger partial charge in [0.15, 0.2) is 0 Å². The zero-order valence-electron chi connectivity index (χ0n) is 10.9. The first kappa shape index (κ1) is 15.7. The van der Waals surface area contributed by atoms with Gasteiger partial charge in [0, 0.05) is 0 Å². The largest absolute Gasteiger partial charge is 0.518 e. The van der Waals surface area contributed by atoms with Crippen molar-refractivity contribution in [3.63, 3.8) is 0 Å². The van der Waals surface area contributed by atoms with Crippen LogP contribution >= 0.6 is 0 Å². The average Bonchev–Trinajstić information content (AvgIpc) is 2.29. The van der Waals surface area contributed by atoms with Crippen molar-refractivity contribution in [3.8, 4) is 0 Å². The molecule has 0 saturated carbocycles. The number of carbonyl (C=O) groups is 2. The highest BCUT2D eigenvalue weighted by molar-refractivity contribution is 5.76. The van der Waals surface area contributed by atoms with Crippen LogP contribution in [0.25, 0.3) is 0 Å². The third kappa shape index (κ3) is 8.54. The highest BCUT2D eigenvalue weighted by Gasteiger charge is 2.15. The van der Waals surface area contributed by atoms with Gasteiger partial charge in [-0.2, -0.15) is 0 Å². The fourth-order valence-electron chi connectivity index (χ4n) is 1.33. The average molecular weight is 246 g/mol. The van der Waals surface area contributed by atoms with Crippen LogP contribution in [-0.2, 0) is 14.2 Å². The zero-order chi connectivity index (χ0) is 13.1. The second kappa shape index (κ2) is 9.93. The molecule has 0 aromatic rings. The summed E-state index contributed by atoms with van der Waals surface area (Å²) in [5.74, 6) is 0.324. The molecular weight excluding hydrogens is 224 g/mol. The lowest BCUT2D eigenvalue weighted by molar-refractivity contribution is 0.0310. The molecule has 100 valence electrons. The molecule has 0 spiro atoms. The molecule has 5 nitrogen and oxygen atoms in total. The molecule has 0 aliphatic carbocycles. The lowest BCUT2D eigenvalue weighted by Gasteiger charge is -2.13. The summed E-state index contributed by atoms with van der Waals surface area (Å²) in [6.07, 6.45) is 2.17. The highest BCUT2D eigenvalue weighted by atomic mass is 16.8. The van der Waals surface area contributed by atoms with Gasteiger partial charge in [0.2, 0.25) is 0 Å². The van der Waals surface area contributed by atoms with E-state index < -0.39 is 12.3 Å². The van der Waals surface area contributed by atoms with E-state index in [0.29, 0.717) is 5.92 Å². The summed E-state index contributed by atoms with van der Waals surface area (Å²) in [5.41, 5.74) is 0. The smallest absolute Gasteiger partial charge is 0.434 e. The Balaban J connectivity index is 3.76. The fourth-order valence-corrected chi connectivity index (χ4v) is 1.33. The Bertz CT molecular complexity index is 227. The first-order valence-electron chi connectivity index (χ1n) is 6.15. The molecule has 0 fully saturated rings. The summed E-state index contributed by atoms with van der Waals surface area (Å²) in [5, 5.41) is 0. The van der Waals surface area contributed by atoms with Gasteiger partial charge in [-0.15, -0.1) is 0 Å². The quantitative estimate of drug-likeness (QED) is 0.508. The number of hydrogen-bond acceptors (Lipinski definition) is 5. The van der Waals surface area contributed by atoms with Crippen molar-refractivity contribution in [2.24, 2.45) is 5.92 Å². The molecule has 0 aromatic heterocycles. The Morgan fingerprint density at radius 3 is 2.24 bits per heavy atom. The van der Waals surface area contributed by atoms with Crippen LogP contribution in [0.2, 0.25) is 0 Å². The minimum absolute atomic E-state index is 0.167. The van der Waals surface area contributed by atoms with Gasteiger partial charge in [0.05, 0.1) is 13.2 Å². The Hall–Kier alpha value is -1.26. The second-order valence-corrected chi connectivity index (χ2v) is 3.76. The maximum Gasteiger partial charge on any atom is 0.518 e. The summed E-state index contributed by atoms with van der Waals surface area (Å²) in [6.45, 7) is 6.24.